The molecular weight excluding hydrogens is 562 g/mol. The number of hydrogen-bond acceptors (Lipinski definition) is 8. The largest absolute Gasteiger partial charge is 0.494 e. The predicted molar refractivity (Wildman–Crippen MR) is 169 cm³/mol. The Balaban J connectivity index is 1.48. The van der Waals surface area contributed by atoms with Gasteiger partial charge in [0.1, 0.15) is 11.5 Å². The van der Waals surface area contributed by atoms with E-state index in [2.05, 4.69) is 13.5 Å². The van der Waals surface area contributed by atoms with Gasteiger partial charge in [-0.15, -0.1) is 0 Å². The number of unbranched alkanes of at least 4 members (excludes halogenated alkanes) is 6. The Morgan fingerprint density at radius 2 is 1.30 bits per heavy atom. The Hall–Kier alpha value is -4.66. The lowest BCUT2D eigenvalue weighted by atomic mass is 10.0. The summed E-state index contributed by atoms with van der Waals surface area (Å²) in [4.78, 5) is 35.4. The Morgan fingerprint density at radius 1 is 0.750 bits per heavy atom. The molecule has 0 amide bonds. The quantitative estimate of drug-likeness (QED) is 0.0335. The van der Waals surface area contributed by atoms with E-state index in [0.717, 1.165) is 49.8 Å². The molecule has 0 aromatic heterocycles. The lowest BCUT2D eigenvalue weighted by Gasteiger charge is -2.10. The van der Waals surface area contributed by atoms with Crippen LogP contribution < -0.4 is 14.2 Å². The first-order valence-corrected chi connectivity index (χ1v) is 15.1. The van der Waals surface area contributed by atoms with E-state index in [-0.39, 0.29) is 23.0 Å². The van der Waals surface area contributed by atoms with Crippen LogP contribution in [-0.2, 0) is 9.53 Å². The van der Waals surface area contributed by atoms with Crippen LogP contribution in [0, 0.1) is 10.1 Å². The number of nitro benzene ring substituents is 1. The maximum Gasteiger partial charge on any atom is 0.343 e. The molecule has 3 aromatic carbocycles. The molecule has 0 aliphatic heterocycles. The van der Waals surface area contributed by atoms with E-state index in [4.69, 9.17) is 18.9 Å². The van der Waals surface area contributed by atoms with Crippen molar-refractivity contribution in [1.82, 2.24) is 0 Å². The summed E-state index contributed by atoms with van der Waals surface area (Å²) in [7, 11) is 0. The van der Waals surface area contributed by atoms with Gasteiger partial charge in [-0.25, -0.2) is 9.59 Å². The molecule has 0 bridgehead atoms. The number of benzene rings is 3. The monoisotopic (exact) mass is 603 g/mol. The highest BCUT2D eigenvalue weighted by Crippen LogP contribution is 2.33. The average molecular weight is 604 g/mol. The van der Waals surface area contributed by atoms with Gasteiger partial charge in [-0.3, -0.25) is 10.1 Å². The van der Waals surface area contributed by atoms with Crippen LogP contribution >= 0.6 is 0 Å². The first-order valence-electron chi connectivity index (χ1n) is 15.1. The molecule has 0 aliphatic carbocycles. The topological polar surface area (TPSA) is 114 Å². The number of rotatable bonds is 19. The highest BCUT2D eigenvalue weighted by Gasteiger charge is 2.20. The van der Waals surface area contributed by atoms with Crippen molar-refractivity contribution in [3.05, 3.63) is 94.6 Å². The molecule has 0 N–H and O–H groups in total. The van der Waals surface area contributed by atoms with Gasteiger partial charge in [-0.05, 0) is 92.6 Å². The Morgan fingerprint density at radius 3 is 1.86 bits per heavy atom. The van der Waals surface area contributed by atoms with Gasteiger partial charge in [0, 0.05) is 11.6 Å². The van der Waals surface area contributed by atoms with Crippen molar-refractivity contribution in [2.45, 2.75) is 65.2 Å². The van der Waals surface area contributed by atoms with E-state index in [1.807, 2.05) is 24.3 Å². The summed E-state index contributed by atoms with van der Waals surface area (Å²) < 4.78 is 22.0. The summed E-state index contributed by atoms with van der Waals surface area (Å²) in [5.41, 5.74) is 1.73. The molecule has 0 unspecified atom stereocenters. The molecule has 0 radical (unpaired) electrons. The third-order valence-corrected chi connectivity index (χ3v) is 6.79. The molecule has 9 heteroatoms. The number of hydrogen-bond donors (Lipinski definition) is 0. The minimum absolute atomic E-state index is 0.134. The lowest BCUT2D eigenvalue weighted by Crippen LogP contribution is -2.10. The highest BCUT2D eigenvalue weighted by atomic mass is 16.6. The van der Waals surface area contributed by atoms with E-state index in [0.29, 0.717) is 36.7 Å². The molecule has 0 saturated carbocycles. The van der Waals surface area contributed by atoms with Gasteiger partial charge in [0.25, 0.3) is 0 Å². The molecule has 0 spiro atoms. The predicted octanol–water partition coefficient (Wildman–Crippen LogP) is 8.50. The minimum Gasteiger partial charge on any atom is -0.494 e. The molecule has 44 heavy (non-hydrogen) atoms. The van der Waals surface area contributed by atoms with Crippen molar-refractivity contribution >= 4 is 17.6 Å². The van der Waals surface area contributed by atoms with Crippen LogP contribution in [0.25, 0.3) is 11.1 Å². The maximum absolute atomic E-state index is 12.8. The van der Waals surface area contributed by atoms with Crippen molar-refractivity contribution in [1.29, 1.82) is 0 Å². The second-order valence-corrected chi connectivity index (χ2v) is 10.5. The Labute approximate surface area is 258 Å². The van der Waals surface area contributed by atoms with Gasteiger partial charge >= 0.3 is 17.6 Å². The summed E-state index contributed by atoms with van der Waals surface area (Å²) in [6.07, 6.45) is 7.93. The average Bonchev–Trinajstić information content (AvgIpc) is 3.02. The number of esters is 2. The fourth-order valence-electron chi connectivity index (χ4n) is 4.27. The van der Waals surface area contributed by atoms with Crippen molar-refractivity contribution in [2.24, 2.45) is 0 Å². The Kier molecular flexibility index (Phi) is 13.9. The number of nitro groups is 1. The summed E-state index contributed by atoms with van der Waals surface area (Å²) in [5, 5.41) is 11.8. The minimum atomic E-state index is -0.708. The highest BCUT2D eigenvalue weighted by molar-refractivity contribution is 5.92. The van der Waals surface area contributed by atoms with E-state index in [9.17, 15) is 19.7 Å². The SMILES string of the molecule is C=C(C)C(=O)OCCCCCCOc1ccc(C(=O)Oc2ccc(-c3ccc(OCCCCCC)cc3)cc2[N+](=O)[O-])cc1. The Bertz CT molecular complexity index is 1380. The van der Waals surface area contributed by atoms with Crippen molar-refractivity contribution in [3.8, 4) is 28.4 Å². The molecule has 0 atom stereocenters. The smallest absolute Gasteiger partial charge is 0.343 e. The molecule has 9 nitrogen and oxygen atoms in total. The second-order valence-electron chi connectivity index (χ2n) is 10.5. The van der Waals surface area contributed by atoms with Crippen molar-refractivity contribution in [2.75, 3.05) is 19.8 Å². The lowest BCUT2D eigenvalue weighted by molar-refractivity contribution is -0.385. The van der Waals surface area contributed by atoms with Crippen LogP contribution in [0.2, 0.25) is 0 Å². The van der Waals surface area contributed by atoms with E-state index in [1.54, 1.807) is 37.3 Å². The fourth-order valence-corrected chi connectivity index (χ4v) is 4.27. The summed E-state index contributed by atoms with van der Waals surface area (Å²) in [6, 6.07) is 18.3. The first-order chi connectivity index (χ1) is 21.3. The van der Waals surface area contributed by atoms with Gasteiger partial charge in [-0.2, -0.15) is 0 Å². The van der Waals surface area contributed by atoms with E-state index >= 15 is 0 Å². The van der Waals surface area contributed by atoms with Crippen molar-refractivity contribution < 1.29 is 33.5 Å². The van der Waals surface area contributed by atoms with Crippen LogP contribution in [0.3, 0.4) is 0 Å². The van der Waals surface area contributed by atoms with Gasteiger partial charge in [0.05, 0.1) is 30.3 Å². The normalized spacial score (nSPS) is 10.6. The van der Waals surface area contributed by atoms with E-state index < -0.39 is 10.9 Å². The summed E-state index contributed by atoms with van der Waals surface area (Å²) in [6.45, 7) is 8.86. The third kappa shape index (κ3) is 11.2. The number of nitrogens with zero attached hydrogens (tertiary/aromatic N) is 1. The molecule has 3 aromatic rings. The molecule has 234 valence electrons. The van der Waals surface area contributed by atoms with Crippen LogP contribution in [0.4, 0.5) is 5.69 Å². The molecule has 0 saturated heterocycles. The summed E-state index contributed by atoms with van der Waals surface area (Å²) in [5.74, 6) is 0.135. The van der Waals surface area contributed by atoms with Crippen LogP contribution in [0.15, 0.2) is 78.9 Å². The maximum atomic E-state index is 12.8. The van der Waals surface area contributed by atoms with Gasteiger partial charge in [-0.1, -0.05) is 51.0 Å². The molecule has 0 heterocycles. The second kappa shape index (κ2) is 18.1. The van der Waals surface area contributed by atoms with Crippen LogP contribution in [0.5, 0.6) is 17.2 Å². The zero-order valence-corrected chi connectivity index (χ0v) is 25.5. The third-order valence-electron chi connectivity index (χ3n) is 6.79. The standard InChI is InChI=1S/C35H41NO8/c1-4-5-6-9-22-41-30-17-12-27(13-18-30)29-16-21-33(32(25-29)36(39)40)44-35(38)28-14-19-31(20-15-28)42-23-10-7-8-11-24-43-34(37)26(2)3/h12-21,25H,2,4-11,22-24H2,1,3H3. The van der Waals surface area contributed by atoms with Gasteiger partial charge < -0.3 is 18.9 Å². The zero-order chi connectivity index (χ0) is 31.7. The van der Waals surface area contributed by atoms with E-state index in [1.165, 1.54) is 25.0 Å². The first kappa shape index (κ1) is 33.8. The molecule has 3 rings (SSSR count). The van der Waals surface area contributed by atoms with Crippen LogP contribution in [-0.4, -0.2) is 36.7 Å². The number of ether oxygens (including phenoxy) is 4. The van der Waals surface area contributed by atoms with Crippen molar-refractivity contribution in [3.63, 3.8) is 0 Å². The molecular formula is C35H41NO8. The van der Waals surface area contributed by atoms with Gasteiger partial charge in [0.15, 0.2) is 0 Å². The van der Waals surface area contributed by atoms with Crippen LogP contribution in [0.1, 0.15) is 75.6 Å². The fraction of sp³-hybridized carbons (Fsp3) is 0.371. The zero-order valence-electron chi connectivity index (χ0n) is 25.5. The summed E-state index contributed by atoms with van der Waals surface area (Å²) >= 11 is 0. The number of carbonyl (C=O) groups excluding carboxylic acids is 2. The molecule has 0 fully saturated rings. The number of carbonyl (C=O) groups is 2. The molecule has 0 aliphatic rings. The van der Waals surface area contributed by atoms with Gasteiger partial charge in [0.2, 0.25) is 5.75 Å².